The summed E-state index contributed by atoms with van der Waals surface area (Å²) in [5.41, 5.74) is -0.0398. The van der Waals surface area contributed by atoms with Crippen LogP contribution in [0, 0.1) is 11.8 Å². The first-order valence-electron chi connectivity index (χ1n) is 11.5. The fourth-order valence-electron chi connectivity index (χ4n) is 6.05. The van der Waals surface area contributed by atoms with Crippen LogP contribution in [0.1, 0.15) is 36.2 Å². The molecule has 7 nitrogen and oxygen atoms in total. The summed E-state index contributed by atoms with van der Waals surface area (Å²) < 4.78 is 0. The van der Waals surface area contributed by atoms with E-state index in [2.05, 4.69) is 0 Å². The van der Waals surface area contributed by atoms with Gasteiger partial charge in [-0.1, -0.05) is 55.5 Å². The van der Waals surface area contributed by atoms with Gasteiger partial charge in [0.25, 0.3) is 5.91 Å². The average molecular weight is 446 g/mol. The van der Waals surface area contributed by atoms with Crippen molar-refractivity contribution in [2.24, 2.45) is 11.8 Å². The van der Waals surface area contributed by atoms with Gasteiger partial charge in [0.1, 0.15) is 5.54 Å². The van der Waals surface area contributed by atoms with E-state index in [1.165, 1.54) is 4.90 Å². The zero-order valence-electron chi connectivity index (χ0n) is 18.8. The van der Waals surface area contributed by atoms with Gasteiger partial charge >= 0.3 is 0 Å². The lowest BCUT2D eigenvalue weighted by Gasteiger charge is -2.49. The summed E-state index contributed by atoms with van der Waals surface area (Å²) in [5.74, 6) is -2.74. The van der Waals surface area contributed by atoms with Crippen molar-refractivity contribution in [2.45, 2.75) is 38.4 Å². The SMILES string of the molecule is CCN1C[C@@H]2[C@@H]3C(=O)N(Cc4ccccc4)C(=O)[C@@H]3[C@](CC)(C1=O)N2C(=O)c1ccccc1. The standard InChI is InChI=1S/C26H27N3O4/c1-3-26-21-20(23(31)28(24(21)32)15-17-11-7-5-8-12-17)19(16-27(4-2)25(26)33)29(26)22(30)18-13-9-6-10-14-18/h5-14,19-21H,3-4,15-16H2,1-2H3/t19-,20+,21-,26-/m1/s1. The van der Waals surface area contributed by atoms with Crippen molar-refractivity contribution in [2.75, 3.05) is 13.1 Å². The average Bonchev–Trinajstić information content (AvgIpc) is 3.24. The van der Waals surface area contributed by atoms with Crippen LogP contribution in [0.25, 0.3) is 0 Å². The van der Waals surface area contributed by atoms with Gasteiger partial charge in [-0.25, -0.2) is 0 Å². The Labute approximate surface area is 193 Å². The molecule has 3 aliphatic heterocycles. The van der Waals surface area contributed by atoms with Crippen LogP contribution in [0.4, 0.5) is 0 Å². The molecule has 7 heteroatoms. The van der Waals surface area contributed by atoms with Crippen molar-refractivity contribution in [3.05, 3.63) is 71.8 Å². The highest BCUT2D eigenvalue weighted by atomic mass is 16.2. The lowest BCUT2D eigenvalue weighted by Crippen LogP contribution is -2.69. The Morgan fingerprint density at radius 1 is 0.939 bits per heavy atom. The van der Waals surface area contributed by atoms with Crippen molar-refractivity contribution >= 4 is 23.6 Å². The van der Waals surface area contributed by atoms with E-state index in [0.717, 1.165) is 5.56 Å². The van der Waals surface area contributed by atoms with Gasteiger partial charge in [0, 0.05) is 18.7 Å². The number of carbonyl (C=O) groups excluding carboxylic acids is 4. The summed E-state index contributed by atoms with van der Waals surface area (Å²) >= 11 is 0. The molecule has 3 fully saturated rings. The zero-order valence-corrected chi connectivity index (χ0v) is 18.8. The number of benzene rings is 2. The minimum Gasteiger partial charge on any atom is -0.339 e. The molecule has 3 aliphatic rings. The van der Waals surface area contributed by atoms with Crippen LogP contribution in [0.15, 0.2) is 60.7 Å². The van der Waals surface area contributed by atoms with Crippen LogP contribution in [0.5, 0.6) is 0 Å². The molecule has 0 saturated carbocycles. The maximum absolute atomic E-state index is 13.8. The van der Waals surface area contributed by atoms with Crippen molar-refractivity contribution in [1.82, 2.24) is 14.7 Å². The summed E-state index contributed by atoms with van der Waals surface area (Å²) in [6, 6.07) is 17.6. The maximum atomic E-state index is 13.8. The molecule has 2 aromatic rings. The Morgan fingerprint density at radius 2 is 1.58 bits per heavy atom. The van der Waals surface area contributed by atoms with Gasteiger partial charge in [-0.2, -0.15) is 0 Å². The third-order valence-corrected chi connectivity index (χ3v) is 7.54. The van der Waals surface area contributed by atoms with Crippen molar-refractivity contribution < 1.29 is 19.2 Å². The van der Waals surface area contributed by atoms with Gasteiger partial charge in [0.15, 0.2) is 0 Å². The molecule has 3 heterocycles. The topological polar surface area (TPSA) is 78.0 Å². The Kier molecular flexibility index (Phi) is 5.07. The Bertz CT molecular complexity index is 1120. The molecule has 0 N–H and O–H groups in total. The Balaban J connectivity index is 1.60. The van der Waals surface area contributed by atoms with Gasteiger partial charge in [-0.15, -0.1) is 0 Å². The van der Waals surface area contributed by atoms with E-state index in [9.17, 15) is 19.2 Å². The highest BCUT2D eigenvalue weighted by Crippen LogP contribution is 2.54. The summed E-state index contributed by atoms with van der Waals surface area (Å²) in [7, 11) is 0. The molecule has 2 bridgehead atoms. The largest absolute Gasteiger partial charge is 0.339 e. The maximum Gasteiger partial charge on any atom is 0.255 e. The second kappa shape index (κ2) is 7.83. The van der Waals surface area contributed by atoms with Gasteiger partial charge in [-0.05, 0) is 31.0 Å². The first-order valence-corrected chi connectivity index (χ1v) is 11.5. The summed E-state index contributed by atoms with van der Waals surface area (Å²) in [6.45, 7) is 4.63. The number of hydrogen-bond acceptors (Lipinski definition) is 4. The van der Waals surface area contributed by atoms with E-state index in [4.69, 9.17) is 0 Å². The van der Waals surface area contributed by atoms with E-state index >= 15 is 0 Å². The number of hydrogen-bond donors (Lipinski definition) is 0. The van der Waals surface area contributed by atoms with Gasteiger partial charge in [0.2, 0.25) is 17.7 Å². The van der Waals surface area contributed by atoms with Crippen molar-refractivity contribution in [3.8, 4) is 0 Å². The van der Waals surface area contributed by atoms with Crippen molar-refractivity contribution in [3.63, 3.8) is 0 Å². The monoisotopic (exact) mass is 445 g/mol. The van der Waals surface area contributed by atoms with Gasteiger partial charge < -0.3 is 9.80 Å². The van der Waals surface area contributed by atoms with Crippen LogP contribution < -0.4 is 0 Å². The van der Waals surface area contributed by atoms with Crippen LogP contribution in [0.3, 0.4) is 0 Å². The lowest BCUT2D eigenvalue weighted by atomic mass is 9.78. The molecule has 0 spiro atoms. The predicted molar refractivity (Wildman–Crippen MR) is 121 cm³/mol. The highest BCUT2D eigenvalue weighted by molar-refractivity contribution is 6.13. The second-order valence-electron chi connectivity index (χ2n) is 8.98. The van der Waals surface area contributed by atoms with E-state index in [1.807, 2.05) is 50.2 Å². The molecule has 3 saturated heterocycles. The number of nitrogens with zero attached hydrogens (tertiary/aromatic N) is 3. The second-order valence-corrected chi connectivity index (χ2v) is 8.98. The third kappa shape index (κ3) is 2.88. The van der Waals surface area contributed by atoms with Crippen LogP contribution in [0.2, 0.25) is 0 Å². The fraction of sp³-hybridized carbons (Fsp3) is 0.385. The molecule has 4 atom stereocenters. The quantitative estimate of drug-likeness (QED) is 0.662. The molecule has 0 aromatic heterocycles. The smallest absolute Gasteiger partial charge is 0.255 e. The number of amides is 4. The minimum atomic E-state index is -1.35. The van der Waals surface area contributed by atoms with E-state index < -0.39 is 23.4 Å². The van der Waals surface area contributed by atoms with Gasteiger partial charge in [0.05, 0.1) is 24.4 Å². The van der Waals surface area contributed by atoms with E-state index in [1.54, 1.807) is 34.1 Å². The van der Waals surface area contributed by atoms with Crippen LogP contribution in [-0.2, 0) is 20.9 Å². The number of imide groups is 1. The molecule has 2 aromatic carbocycles. The highest BCUT2D eigenvalue weighted by Gasteiger charge is 2.74. The molecule has 0 radical (unpaired) electrons. The van der Waals surface area contributed by atoms with Crippen LogP contribution >= 0.6 is 0 Å². The fourth-order valence-corrected chi connectivity index (χ4v) is 6.05. The number of likely N-dealkylation sites (N-methyl/N-ethyl adjacent to an activating group) is 1. The number of piperazine rings is 1. The van der Waals surface area contributed by atoms with Gasteiger partial charge in [-0.3, -0.25) is 24.1 Å². The lowest BCUT2D eigenvalue weighted by molar-refractivity contribution is -0.157. The molecule has 0 aliphatic carbocycles. The normalized spacial score (nSPS) is 28.5. The number of fused-ring (bicyclic) bond motifs is 5. The molecule has 33 heavy (non-hydrogen) atoms. The van der Waals surface area contributed by atoms with Crippen LogP contribution in [-0.4, -0.2) is 63.0 Å². The summed E-state index contributed by atoms with van der Waals surface area (Å²) in [4.78, 5) is 59.5. The first kappa shape index (κ1) is 21.4. The molecular formula is C26H27N3O4. The molecular weight excluding hydrogens is 418 g/mol. The third-order valence-electron chi connectivity index (χ3n) is 7.54. The molecule has 5 rings (SSSR count). The predicted octanol–water partition coefficient (Wildman–Crippen LogP) is 2.32. The number of likely N-dealkylation sites (tertiary alicyclic amines) is 2. The number of rotatable bonds is 5. The number of carbonyl (C=O) groups is 4. The minimum absolute atomic E-state index is 0.177. The summed E-state index contributed by atoms with van der Waals surface area (Å²) in [6.07, 6.45) is 0.275. The van der Waals surface area contributed by atoms with Crippen molar-refractivity contribution in [1.29, 1.82) is 0 Å². The summed E-state index contributed by atoms with van der Waals surface area (Å²) in [5, 5.41) is 0. The Morgan fingerprint density at radius 3 is 2.18 bits per heavy atom. The van der Waals surface area contributed by atoms with E-state index in [-0.39, 0.29) is 43.1 Å². The first-order chi connectivity index (χ1) is 16.0. The van der Waals surface area contributed by atoms with E-state index in [0.29, 0.717) is 12.1 Å². The molecule has 0 unspecified atom stereocenters. The Hall–Kier alpha value is -3.48. The zero-order chi connectivity index (χ0) is 23.3. The molecule has 170 valence electrons. The molecule has 4 amide bonds.